The molecule has 2 aromatic carbocycles. The Bertz CT molecular complexity index is 1350. The van der Waals surface area contributed by atoms with Crippen LogP contribution in [0.15, 0.2) is 30.3 Å². The van der Waals surface area contributed by atoms with Crippen LogP contribution in [0.25, 0.3) is 11.1 Å². The molecule has 1 spiro atoms. The Kier molecular flexibility index (Phi) is 7.79. The third kappa shape index (κ3) is 5.53. The third-order valence-electron chi connectivity index (χ3n) is 9.08. The molecule has 2 aromatic rings. The van der Waals surface area contributed by atoms with E-state index in [9.17, 15) is 19.5 Å². The molecule has 220 valence electrons. The zero-order valence-electron chi connectivity index (χ0n) is 25.0. The molecule has 0 atom stereocenters. The lowest BCUT2D eigenvalue weighted by Gasteiger charge is -2.40. The number of anilines is 2. The van der Waals surface area contributed by atoms with Crippen LogP contribution >= 0.6 is 0 Å². The molecule has 2 aliphatic heterocycles. The Morgan fingerprint density at radius 3 is 2.37 bits per heavy atom. The van der Waals surface area contributed by atoms with E-state index in [-0.39, 0.29) is 23.6 Å². The number of carboxylic acids is 1. The van der Waals surface area contributed by atoms with Crippen molar-refractivity contribution in [3.8, 4) is 11.1 Å². The van der Waals surface area contributed by atoms with Crippen molar-refractivity contribution in [3.05, 3.63) is 47.0 Å². The van der Waals surface area contributed by atoms with E-state index in [1.807, 2.05) is 39.8 Å². The third-order valence-corrected chi connectivity index (χ3v) is 9.08. The largest absolute Gasteiger partial charge is 0.478 e. The maximum Gasteiger partial charge on any atom is 0.410 e. The second-order valence-corrected chi connectivity index (χ2v) is 12.8. The smallest absolute Gasteiger partial charge is 0.410 e. The number of piperidine rings is 1. The van der Waals surface area contributed by atoms with Crippen LogP contribution in [0.3, 0.4) is 0 Å². The summed E-state index contributed by atoms with van der Waals surface area (Å²) >= 11 is 0. The highest BCUT2D eigenvalue weighted by Gasteiger charge is 2.47. The van der Waals surface area contributed by atoms with Gasteiger partial charge in [0.05, 0.1) is 11.0 Å². The maximum atomic E-state index is 13.1. The first-order valence-electron chi connectivity index (χ1n) is 15.0. The lowest BCUT2D eigenvalue weighted by atomic mass is 9.70. The number of carbonyl (C=O) groups excluding carboxylic acids is 2. The molecule has 2 fully saturated rings. The molecule has 41 heavy (non-hydrogen) atoms. The summed E-state index contributed by atoms with van der Waals surface area (Å²) in [6, 6.07) is 10.1. The SMILES string of the molecule is CCN(c1cc(-c2ccc3c(c2)NC(=O)C32CCCCC2)cc(C(=O)O)c1C)C1CCN(C(=O)OC(C)(C)C)CC1. The number of likely N-dealkylation sites (tertiary alicyclic amines) is 1. The van der Waals surface area contributed by atoms with Crippen LogP contribution in [0.4, 0.5) is 16.2 Å². The van der Waals surface area contributed by atoms with Gasteiger partial charge in [0.2, 0.25) is 5.91 Å². The Hall–Kier alpha value is -3.55. The summed E-state index contributed by atoms with van der Waals surface area (Å²) < 4.78 is 5.57. The Balaban J connectivity index is 1.44. The topological polar surface area (TPSA) is 99.2 Å². The van der Waals surface area contributed by atoms with Gasteiger partial charge in [-0.25, -0.2) is 9.59 Å². The van der Waals surface area contributed by atoms with E-state index >= 15 is 0 Å². The normalized spacial score (nSPS) is 18.7. The number of hydrogen-bond donors (Lipinski definition) is 2. The molecular formula is C33H43N3O5. The Labute approximate surface area is 243 Å². The number of benzene rings is 2. The first-order valence-corrected chi connectivity index (χ1v) is 15.0. The predicted molar refractivity (Wildman–Crippen MR) is 161 cm³/mol. The van der Waals surface area contributed by atoms with Crippen LogP contribution in [0.5, 0.6) is 0 Å². The van der Waals surface area contributed by atoms with Gasteiger partial charge < -0.3 is 25.0 Å². The van der Waals surface area contributed by atoms with Crippen molar-refractivity contribution in [2.75, 3.05) is 29.9 Å². The Morgan fingerprint density at radius 1 is 1.07 bits per heavy atom. The van der Waals surface area contributed by atoms with E-state index in [4.69, 9.17) is 4.74 Å². The van der Waals surface area contributed by atoms with E-state index in [2.05, 4.69) is 29.3 Å². The lowest BCUT2D eigenvalue weighted by molar-refractivity contribution is -0.121. The zero-order valence-corrected chi connectivity index (χ0v) is 25.0. The van der Waals surface area contributed by atoms with Crippen molar-refractivity contribution in [1.82, 2.24) is 4.90 Å². The minimum Gasteiger partial charge on any atom is -0.478 e. The number of nitrogens with zero attached hydrogens (tertiary/aromatic N) is 2. The molecule has 0 aromatic heterocycles. The molecule has 8 heteroatoms. The second kappa shape index (κ2) is 11.0. The molecule has 0 bridgehead atoms. The highest BCUT2D eigenvalue weighted by molar-refractivity contribution is 6.07. The molecule has 8 nitrogen and oxygen atoms in total. The van der Waals surface area contributed by atoms with Crippen LogP contribution in [0.2, 0.25) is 0 Å². The van der Waals surface area contributed by atoms with Gasteiger partial charge in [0.1, 0.15) is 5.60 Å². The van der Waals surface area contributed by atoms with E-state index in [1.165, 1.54) is 6.42 Å². The van der Waals surface area contributed by atoms with Crippen LogP contribution in [-0.2, 0) is 14.9 Å². The molecule has 2 heterocycles. The average Bonchev–Trinajstić information content (AvgIpc) is 3.19. The molecule has 0 radical (unpaired) electrons. The maximum absolute atomic E-state index is 13.1. The molecule has 2 amide bonds. The van der Waals surface area contributed by atoms with Gasteiger partial charge in [-0.3, -0.25) is 4.79 Å². The molecule has 2 N–H and O–H groups in total. The highest BCUT2D eigenvalue weighted by atomic mass is 16.6. The van der Waals surface area contributed by atoms with Crippen molar-refractivity contribution in [2.45, 2.75) is 96.6 Å². The molecule has 1 saturated carbocycles. The quantitative estimate of drug-likeness (QED) is 0.419. The summed E-state index contributed by atoms with van der Waals surface area (Å²) in [4.78, 5) is 42.1. The molecule has 5 rings (SSSR count). The van der Waals surface area contributed by atoms with Crippen molar-refractivity contribution >= 4 is 29.3 Å². The highest BCUT2D eigenvalue weighted by Crippen LogP contribution is 2.48. The van der Waals surface area contributed by atoms with E-state index in [1.54, 1.807) is 11.0 Å². The first kappa shape index (κ1) is 29.0. The first-order chi connectivity index (χ1) is 19.4. The number of nitrogens with one attached hydrogen (secondary N) is 1. The van der Waals surface area contributed by atoms with Gasteiger partial charge in [0.25, 0.3) is 0 Å². The summed E-state index contributed by atoms with van der Waals surface area (Å²) in [5.41, 5.74) is 4.55. The number of carbonyl (C=O) groups is 3. The fraction of sp³-hybridized carbons (Fsp3) is 0.545. The number of fused-ring (bicyclic) bond motifs is 2. The summed E-state index contributed by atoms with van der Waals surface area (Å²) in [7, 11) is 0. The number of ether oxygens (including phenoxy) is 1. The van der Waals surface area contributed by atoms with E-state index in [0.29, 0.717) is 19.6 Å². The summed E-state index contributed by atoms with van der Waals surface area (Å²) in [5, 5.41) is 13.3. The van der Waals surface area contributed by atoms with Gasteiger partial charge in [-0.1, -0.05) is 31.4 Å². The molecule has 1 saturated heterocycles. The van der Waals surface area contributed by atoms with Gasteiger partial charge in [0, 0.05) is 37.1 Å². The number of amides is 2. The molecule has 1 aliphatic carbocycles. The number of carboxylic acid groups (broad SMARTS) is 1. The van der Waals surface area contributed by atoms with Gasteiger partial charge in [0.15, 0.2) is 0 Å². The zero-order chi connectivity index (χ0) is 29.5. The van der Waals surface area contributed by atoms with E-state index in [0.717, 1.165) is 72.2 Å². The fourth-order valence-electron chi connectivity index (χ4n) is 6.96. The lowest BCUT2D eigenvalue weighted by Crippen LogP contribution is -2.48. The van der Waals surface area contributed by atoms with Crippen molar-refractivity contribution in [2.24, 2.45) is 0 Å². The van der Waals surface area contributed by atoms with Crippen molar-refractivity contribution < 1.29 is 24.2 Å². The minimum absolute atomic E-state index is 0.0926. The Morgan fingerprint density at radius 2 is 1.76 bits per heavy atom. The van der Waals surface area contributed by atoms with Crippen molar-refractivity contribution in [1.29, 1.82) is 0 Å². The predicted octanol–water partition coefficient (Wildman–Crippen LogP) is 6.74. The average molecular weight is 562 g/mol. The number of rotatable bonds is 5. The summed E-state index contributed by atoms with van der Waals surface area (Å²) in [6.07, 6.45) is 6.29. The fourth-order valence-corrected chi connectivity index (χ4v) is 6.96. The van der Waals surface area contributed by atoms with Crippen LogP contribution in [0.1, 0.15) is 94.1 Å². The van der Waals surface area contributed by atoms with Crippen LogP contribution < -0.4 is 10.2 Å². The van der Waals surface area contributed by atoms with Gasteiger partial charge >= 0.3 is 12.1 Å². The molecule has 0 unspecified atom stereocenters. The van der Waals surface area contributed by atoms with Crippen LogP contribution in [0, 0.1) is 6.92 Å². The van der Waals surface area contributed by atoms with Gasteiger partial charge in [-0.15, -0.1) is 0 Å². The van der Waals surface area contributed by atoms with Gasteiger partial charge in [-0.2, -0.15) is 0 Å². The van der Waals surface area contributed by atoms with Crippen LogP contribution in [-0.4, -0.2) is 59.3 Å². The summed E-state index contributed by atoms with van der Waals surface area (Å²) in [6.45, 7) is 11.5. The minimum atomic E-state index is -0.961. The number of aromatic carboxylic acids is 1. The van der Waals surface area contributed by atoms with Gasteiger partial charge in [-0.05, 0) is 101 Å². The molecular weight excluding hydrogens is 518 g/mol. The monoisotopic (exact) mass is 561 g/mol. The molecule has 3 aliphatic rings. The van der Waals surface area contributed by atoms with Crippen molar-refractivity contribution in [3.63, 3.8) is 0 Å². The number of hydrogen-bond acceptors (Lipinski definition) is 5. The van der Waals surface area contributed by atoms with E-state index < -0.39 is 17.0 Å². The standard InChI is InChI=1S/C33H43N3O5/c1-6-36(24-12-16-35(17-13-24)31(40)41-32(3,4)5)28-20-23(18-25(21(28)2)29(37)38)22-10-11-26-27(19-22)34-30(39)33(26)14-8-7-9-15-33/h10-11,18-20,24H,6-9,12-17H2,1-5H3,(H,34,39)(H,37,38). The second-order valence-electron chi connectivity index (χ2n) is 12.8. The summed E-state index contributed by atoms with van der Waals surface area (Å²) in [5.74, 6) is -0.868.